The van der Waals surface area contributed by atoms with E-state index in [0.29, 0.717) is 27.6 Å². The van der Waals surface area contributed by atoms with Crippen LogP contribution in [0.25, 0.3) is 11.1 Å². The molecule has 1 heterocycles. The second kappa shape index (κ2) is 9.32. The van der Waals surface area contributed by atoms with Crippen LogP contribution in [-0.4, -0.2) is 32.7 Å². The summed E-state index contributed by atoms with van der Waals surface area (Å²) in [6, 6.07) is 11.0. The predicted molar refractivity (Wildman–Crippen MR) is 120 cm³/mol. The summed E-state index contributed by atoms with van der Waals surface area (Å²) in [5.41, 5.74) is 1.28. The number of carbonyl (C=O) groups is 1. The van der Waals surface area contributed by atoms with Crippen molar-refractivity contribution >= 4 is 50.7 Å². The van der Waals surface area contributed by atoms with E-state index < -0.39 is 15.9 Å². The van der Waals surface area contributed by atoms with Crippen molar-refractivity contribution in [2.24, 2.45) is 0 Å². The number of sulfonamides is 1. The van der Waals surface area contributed by atoms with Crippen LogP contribution in [0.2, 0.25) is 15.1 Å². The van der Waals surface area contributed by atoms with Gasteiger partial charge in [-0.3, -0.25) is 4.79 Å². The molecule has 2 aromatic carbocycles. The normalized spacial score (nSPS) is 11.1. The number of hydrogen-bond acceptors (Lipinski definition) is 6. The molecule has 1 N–H and O–H groups in total. The second-order valence-corrected chi connectivity index (χ2v) is 9.22. The SMILES string of the molecule is COc1cc(C(=O)NS(C)(=O)=O)ccc1-c1cnc(Oc2cccc(Cl)c2Cl)c(Cl)c1. The average molecular weight is 502 g/mol. The fraction of sp³-hybridized carbons (Fsp3) is 0.100. The monoisotopic (exact) mass is 500 g/mol. The van der Waals surface area contributed by atoms with Gasteiger partial charge in [0, 0.05) is 22.9 Å². The van der Waals surface area contributed by atoms with Gasteiger partial charge in [0.1, 0.15) is 21.5 Å². The number of nitrogens with one attached hydrogen (secondary N) is 1. The molecule has 1 aromatic heterocycles. The molecule has 0 bridgehead atoms. The van der Waals surface area contributed by atoms with Crippen molar-refractivity contribution in [3.8, 4) is 28.5 Å². The molecule has 7 nitrogen and oxygen atoms in total. The molecule has 0 unspecified atom stereocenters. The third kappa shape index (κ3) is 5.59. The van der Waals surface area contributed by atoms with Gasteiger partial charge in [-0.25, -0.2) is 18.1 Å². The Hall–Kier alpha value is -2.52. The predicted octanol–water partition coefficient (Wildman–Crippen LogP) is 5.20. The number of amides is 1. The Morgan fingerprint density at radius 1 is 1.03 bits per heavy atom. The number of aromatic nitrogens is 1. The maximum Gasteiger partial charge on any atom is 0.264 e. The van der Waals surface area contributed by atoms with E-state index in [-0.39, 0.29) is 21.5 Å². The van der Waals surface area contributed by atoms with Crippen LogP contribution < -0.4 is 14.2 Å². The first-order valence-electron chi connectivity index (χ1n) is 8.57. The van der Waals surface area contributed by atoms with Crippen molar-refractivity contribution in [3.05, 3.63) is 69.3 Å². The van der Waals surface area contributed by atoms with Crippen LogP contribution in [0.15, 0.2) is 48.7 Å². The number of hydrogen-bond donors (Lipinski definition) is 1. The lowest BCUT2D eigenvalue weighted by Gasteiger charge is -2.13. The first-order chi connectivity index (χ1) is 14.6. The van der Waals surface area contributed by atoms with Gasteiger partial charge in [-0.05, 0) is 36.4 Å². The summed E-state index contributed by atoms with van der Waals surface area (Å²) in [5.74, 6) is -0.0240. The van der Waals surface area contributed by atoms with Gasteiger partial charge in [0.15, 0.2) is 0 Å². The van der Waals surface area contributed by atoms with Crippen LogP contribution in [0.3, 0.4) is 0 Å². The van der Waals surface area contributed by atoms with E-state index in [9.17, 15) is 13.2 Å². The molecule has 31 heavy (non-hydrogen) atoms. The Morgan fingerprint density at radius 2 is 1.77 bits per heavy atom. The van der Waals surface area contributed by atoms with Gasteiger partial charge in [0.2, 0.25) is 15.9 Å². The van der Waals surface area contributed by atoms with E-state index >= 15 is 0 Å². The molecule has 0 aliphatic heterocycles. The number of halogens is 3. The zero-order chi connectivity index (χ0) is 22.8. The van der Waals surface area contributed by atoms with E-state index in [4.69, 9.17) is 44.3 Å². The quantitative estimate of drug-likeness (QED) is 0.499. The number of methoxy groups -OCH3 is 1. The Morgan fingerprint density at radius 3 is 2.42 bits per heavy atom. The van der Waals surface area contributed by atoms with Crippen molar-refractivity contribution in [3.63, 3.8) is 0 Å². The minimum Gasteiger partial charge on any atom is -0.496 e. The molecule has 3 rings (SSSR count). The van der Waals surface area contributed by atoms with Crippen LogP contribution in [0.1, 0.15) is 10.4 Å². The van der Waals surface area contributed by atoms with Gasteiger partial charge in [0.05, 0.1) is 18.4 Å². The molecule has 0 spiro atoms. The van der Waals surface area contributed by atoms with Gasteiger partial charge in [-0.1, -0.05) is 40.9 Å². The molecule has 0 saturated heterocycles. The molecular weight excluding hydrogens is 487 g/mol. The zero-order valence-corrected chi connectivity index (χ0v) is 19.2. The lowest BCUT2D eigenvalue weighted by molar-refractivity contribution is 0.0981. The maximum absolute atomic E-state index is 12.1. The zero-order valence-electron chi connectivity index (χ0n) is 16.1. The smallest absolute Gasteiger partial charge is 0.264 e. The van der Waals surface area contributed by atoms with Gasteiger partial charge in [-0.2, -0.15) is 0 Å². The highest BCUT2D eigenvalue weighted by molar-refractivity contribution is 7.89. The van der Waals surface area contributed by atoms with Gasteiger partial charge in [0.25, 0.3) is 5.91 Å². The fourth-order valence-electron chi connectivity index (χ4n) is 2.61. The molecule has 11 heteroatoms. The van der Waals surface area contributed by atoms with Crippen LogP contribution in [-0.2, 0) is 10.0 Å². The molecule has 0 radical (unpaired) electrons. The maximum atomic E-state index is 12.1. The summed E-state index contributed by atoms with van der Waals surface area (Å²) in [6.45, 7) is 0. The molecule has 0 aliphatic carbocycles. The van der Waals surface area contributed by atoms with Gasteiger partial charge >= 0.3 is 0 Å². The standard InChI is InChI=1S/C20H15Cl3N2O5S/c1-29-17-9-11(19(26)25-31(2,27)28)6-7-13(17)12-8-15(22)20(24-10-12)30-16-5-3-4-14(21)18(16)23/h3-10H,1-2H3,(H,25,26). The minimum atomic E-state index is -3.69. The van der Waals surface area contributed by atoms with E-state index in [2.05, 4.69) is 4.98 Å². The highest BCUT2D eigenvalue weighted by Crippen LogP contribution is 2.38. The highest BCUT2D eigenvalue weighted by atomic mass is 35.5. The highest BCUT2D eigenvalue weighted by Gasteiger charge is 2.17. The molecular formula is C20H15Cl3N2O5S. The van der Waals surface area contributed by atoms with E-state index in [1.165, 1.54) is 25.4 Å². The van der Waals surface area contributed by atoms with Gasteiger partial charge in [-0.15, -0.1) is 0 Å². The van der Waals surface area contributed by atoms with E-state index in [0.717, 1.165) is 6.26 Å². The van der Waals surface area contributed by atoms with Crippen LogP contribution >= 0.6 is 34.8 Å². The Labute approximate surface area is 193 Å². The number of carbonyl (C=O) groups excluding carboxylic acids is 1. The van der Waals surface area contributed by atoms with Crippen LogP contribution in [0.5, 0.6) is 17.4 Å². The number of benzene rings is 2. The summed E-state index contributed by atoms with van der Waals surface area (Å²) in [6.07, 6.45) is 2.40. The third-order valence-electron chi connectivity index (χ3n) is 3.98. The first kappa shape index (κ1) is 23.1. The largest absolute Gasteiger partial charge is 0.496 e. The Bertz CT molecular complexity index is 1270. The Kier molecular flexibility index (Phi) is 6.96. The van der Waals surface area contributed by atoms with Crippen molar-refractivity contribution in [2.45, 2.75) is 0 Å². The fourth-order valence-corrected chi connectivity index (χ4v) is 3.60. The van der Waals surface area contributed by atoms with E-state index in [1.807, 2.05) is 4.72 Å². The topological polar surface area (TPSA) is 94.6 Å². The Balaban J connectivity index is 1.91. The first-order valence-corrected chi connectivity index (χ1v) is 11.6. The van der Waals surface area contributed by atoms with Crippen LogP contribution in [0.4, 0.5) is 0 Å². The molecule has 162 valence electrons. The number of nitrogens with zero attached hydrogens (tertiary/aromatic N) is 1. The summed E-state index contributed by atoms with van der Waals surface area (Å²) in [5, 5.41) is 0.766. The summed E-state index contributed by atoms with van der Waals surface area (Å²) in [4.78, 5) is 16.3. The summed E-state index contributed by atoms with van der Waals surface area (Å²) < 4.78 is 35.5. The summed E-state index contributed by atoms with van der Waals surface area (Å²) in [7, 11) is -2.27. The average Bonchev–Trinajstić information content (AvgIpc) is 2.71. The van der Waals surface area contributed by atoms with E-state index in [1.54, 1.807) is 30.3 Å². The molecule has 1 amide bonds. The number of ether oxygens (including phenoxy) is 2. The lowest BCUT2D eigenvalue weighted by Crippen LogP contribution is -2.29. The van der Waals surface area contributed by atoms with Gasteiger partial charge < -0.3 is 9.47 Å². The van der Waals surface area contributed by atoms with Crippen LogP contribution in [0, 0.1) is 0 Å². The molecule has 0 aliphatic rings. The van der Waals surface area contributed by atoms with Crippen molar-refractivity contribution < 1.29 is 22.7 Å². The van der Waals surface area contributed by atoms with Crippen molar-refractivity contribution in [1.29, 1.82) is 0 Å². The second-order valence-electron chi connectivity index (χ2n) is 6.28. The molecule has 0 fully saturated rings. The summed E-state index contributed by atoms with van der Waals surface area (Å²) >= 11 is 18.5. The van der Waals surface area contributed by atoms with Crippen molar-refractivity contribution in [2.75, 3.05) is 13.4 Å². The van der Waals surface area contributed by atoms with Crippen molar-refractivity contribution in [1.82, 2.24) is 9.71 Å². The molecule has 3 aromatic rings. The molecule has 0 saturated carbocycles. The lowest BCUT2D eigenvalue weighted by atomic mass is 10.0. The number of pyridine rings is 1. The number of rotatable bonds is 6. The third-order valence-corrected chi connectivity index (χ3v) is 5.61. The molecule has 0 atom stereocenters. The minimum absolute atomic E-state index is 0.112.